The second-order valence-electron chi connectivity index (χ2n) is 4.30. The van der Waals surface area contributed by atoms with Crippen LogP contribution in [0.2, 0.25) is 0 Å². The lowest BCUT2D eigenvalue weighted by atomic mass is 10.2. The quantitative estimate of drug-likeness (QED) is 0.688. The SMILES string of the molecule is COc1ccc(C(=O)Nc2ncc([N+](=O)[O-])cc2C)cc1. The number of anilines is 1. The van der Waals surface area contributed by atoms with Gasteiger partial charge >= 0.3 is 0 Å². The molecule has 1 N–H and O–H groups in total. The molecule has 7 heteroatoms. The third-order valence-corrected chi connectivity index (χ3v) is 2.86. The molecule has 0 spiro atoms. The zero-order valence-electron chi connectivity index (χ0n) is 11.5. The first kappa shape index (κ1) is 14.4. The number of methoxy groups -OCH3 is 1. The molecule has 0 saturated carbocycles. The number of carbonyl (C=O) groups excluding carboxylic acids is 1. The first-order valence-electron chi connectivity index (χ1n) is 6.07. The van der Waals surface area contributed by atoms with Crippen LogP contribution in [0.3, 0.4) is 0 Å². The van der Waals surface area contributed by atoms with E-state index in [-0.39, 0.29) is 11.6 Å². The van der Waals surface area contributed by atoms with Crippen LogP contribution in [0.4, 0.5) is 11.5 Å². The molecule has 0 radical (unpaired) electrons. The monoisotopic (exact) mass is 287 g/mol. The number of hydrogen-bond donors (Lipinski definition) is 1. The van der Waals surface area contributed by atoms with E-state index in [0.29, 0.717) is 22.7 Å². The van der Waals surface area contributed by atoms with E-state index in [0.717, 1.165) is 6.20 Å². The van der Waals surface area contributed by atoms with Crippen molar-refractivity contribution >= 4 is 17.4 Å². The fourth-order valence-corrected chi connectivity index (χ4v) is 1.71. The standard InChI is InChI=1S/C14H13N3O4/c1-9-7-11(17(19)20)8-15-13(9)16-14(18)10-3-5-12(21-2)6-4-10/h3-8H,1-2H3,(H,15,16,18). The van der Waals surface area contributed by atoms with Gasteiger partial charge in [0.05, 0.1) is 12.0 Å². The maximum absolute atomic E-state index is 12.1. The summed E-state index contributed by atoms with van der Waals surface area (Å²) < 4.78 is 5.01. The topological polar surface area (TPSA) is 94.4 Å². The van der Waals surface area contributed by atoms with E-state index < -0.39 is 4.92 Å². The van der Waals surface area contributed by atoms with Crippen LogP contribution in [0.25, 0.3) is 0 Å². The molecule has 0 bridgehead atoms. The zero-order valence-corrected chi connectivity index (χ0v) is 11.5. The van der Waals surface area contributed by atoms with Crippen molar-refractivity contribution in [3.63, 3.8) is 0 Å². The summed E-state index contributed by atoms with van der Waals surface area (Å²) in [6.45, 7) is 1.64. The average molecular weight is 287 g/mol. The number of carbonyl (C=O) groups is 1. The Kier molecular flexibility index (Phi) is 4.13. The van der Waals surface area contributed by atoms with Gasteiger partial charge in [0.1, 0.15) is 17.8 Å². The first-order chi connectivity index (χ1) is 10.0. The Morgan fingerprint density at radius 2 is 2.00 bits per heavy atom. The number of rotatable bonds is 4. The molecule has 0 atom stereocenters. The van der Waals surface area contributed by atoms with Gasteiger partial charge in [-0.05, 0) is 36.8 Å². The summed E-state index contributed by atoms with van der Waals surface area (Å²) in [6.07, 6.45) is 1.11. The molecule has 1 aromatic heterocycles. The minimum atomic E-state index is -0.533. The van der Waals surface area contributed by atoms with Crippen LogP contribution in [0.15, 0.2) is 36.5 Å². The predicted octanol–water partition coefficient (Wildman–Crippen LogP) is 2.56. The highest BCUT2D eigenvalue weighted by Crippen LogP contribution is 2.19. The van der Waals surface area contributed by atoms with Gasteiger partial charge in [-0.3, -0.25) is 14.9 Å². The molecular weight excluding hydrogens is 274 g/mol. The van der Waals surface area contributed by atoms with Gasteiger partial charge in [-0.1, -0.05) is 0 Å². The van der Waals surface area contributed by atoms with Gasteiger partial charge in [-0.25, -0.2) is 4.98 Å². The van der Waals surface area contributed by atoms with Gasteiger partial charge in [0.15, 0.2) is 0 Å². The number of amides is 1. The van der Waals surface area contributed by atoms with Gasteiger partial charge in [-0.2, -0.15) is 0 Å². The van der Waals surface area contributed by atoms with E-state index in [2.05, 4.69) is 10.3 Å². The van der Waals surface area contributed by atoms with Gasteiger partial charge in [0.2, 0.25) is 0 Å². The Hall–Kier alpha value is -2.96. The molecule has 0 aliphatic rings. The summed E-state index contributed by atoms with van der Waals surface area (Å²) in [4.78, 5) is 26.1. The Bertz CT molecular complexity index is 683. The number of pyridine rings is 1. The van der Waals surface area contributed by atoms with Crippen LogP contribution in [-0.4, -0.2) is 22.9 Å². The highest BCUT2D eigenvalue weighted by Gasteiger charge is 2.12. The normalized spacial score (nSPS) is 10.0. The van der Waals surface area contributed by atoms with E-state index in [1.54, 1.807) is 38.3 Å². The largest absolute Gasteiger partial charge is 0.497 e. The molecule has 1 heterocycles. The van der Waals surface area contributed by atoms with Crippen molar-refractivity contribution in [2.45, 2.75) is 6.92 Å². The first-order valence-corrected chi connectivity index (χ1v) is 6.07. The smallest absolute Gasteiger partial charge is 0.287 e. The lowest BCUT2D eigenvalue weighted by Crippen LogP contribution is -2.14. The number of hydrogen-bond acceptors (Lipinski definition) is 5. The fraction of sp³-hybridized carbons (Fsp3) is 0.143. The third-order valence-electron chi connectivity index (χ3n) is 2.86. The summed E-state index contributed by atoms with van der Waals surface area (Å²) in [5.41, 5.74) is 0.844. The summed E-state index contributed by atoms with van der Waals surface area (Å²) in [5, 5.41) is 13.3. The number of nitrogens with zero attached hydrogens (tertiary/aromatic N) is 2. The van der Waals surface area contributed by atoms with Gasteiger partial charge < -0.3 is 10.1 Å². The number of benzene rings is 1. The maximum Gasteiger partial charge on any atom is 0.287 e. The van der Waals surface area contributed by atoms with E-state index in [1.807, 2.05) is 0 Å². The fourth-order valence-electron chi connectivity index (χ4n) is 1.71. The van der Waals surface area contributed by atoms with Crippen LogP contribution < -0.4 is 10.1 Å². The molecule has 0 fully saturated rings. The maximum atomic E-state index is 12.1. The predicted molar refractivity (Wildman–Crippen MR) is 76.6 cm³/mol. The molecule has 0 unspecified atom stereocenters. The van der Waals surface area contributed by atoms with Gasteiger partial charge in [0.25, 0.3) is 11.6 Å². The lowest BCUT2D eigenvalue weighted by Gasteiger charge is -2.07. The van der Waals surface area contributed by atoms with Crippen molar-refractivity contribution in [1.82, 2.24) is 4.98 Å². The highest BCUT2D eigenvalue weighted by molar-refractivity contribution is 6.04. The average Bonchev–Trinajstić information content (AvgIpc) is 2.49. The number of nitro groups is 1. The van der Waals surface area contributed by atoms with E-state index >= 15 is 0 Å². The Morgan fingerprint density at radius 3 is 2.52 bits per heavy atom. The molecule has 0 saturated heterocycles. The third kappa shape index (κ3) is 3.33. The molecule has 21 heavy (non-hydrogen) atoms. The van der Waals surface area contributed by atoms with E-state index in [4.69, 9.17) is 4.74 Å². The molecule has 2 aromatic rings. The molecule has 7 nitrogen and oxygen atoms in total. The minimum Gasteiger partial charge on any atom is -0.497 e. The number of aryl methyl sites for hydroxylation is 1. The Balaban J connectivity index is 2.17. The van der Waals surface area contributed by atoms with E-state index in [9.17, 15) is 14.9 Å². The summed E-state index contributed by atoms with van der Waals surface area (Å²) in [5.74, 6) is 0.597. The summed E-state index contributed by atoms with van der Waals surface area (Å²) >= 11 is 0. The van der Waals surface area contributed by atoms with Crippen LogP contribution in [0.5, 0.6) is 5.75 Å². The second-order valence-corrected chi connectivity index (χ2v) is 4.30. The van der Waals surface area contributed by atoms with Crippen molar-refractivity contribution in [3.8, 4) is 5.75 Å². The minimum absolute atomic E-state index is 0.116. The van der Waals surface area contributed by atoms with Crippen LogP contribution in [0, 0.1) is 17.0 Å². The molecule has 108 valence electrons. The second kappa shape index (κ2) is 6.00. The van der Waals surface area contributed by atoms with E-state index in [1.165, 1.54) is 6.07 Å². The number of aromatic nitrogens is 1. The number of nitrogens with one attached hydrogen (secondary N) is 1. The summed E-state index contributed by atoms with van der Waals surface area (Å²) in [7, 11) is 1.54. The molecule has 0 aliphatic carbocycles. The molecule has 0 aliphatic heterocycles. The zero-order chi connectivity index (χ0) is 15.4. The molecular formula is C14H13N3O4. The van der Waals surface area contributed by atoms with Crippen molar-refractivity contribution in [3.05, 3.63) is 57.8 Å². The van der Waals surface area contributed by atoms with Crippen molar-refractivity contribution < 1.29 is 14.5 Å². The number of ether oxygens (including phenoxy) is 1. The molecule has 1 amide bonds. The van der Waals surface area contributed by atoms with Crippen LogP contribution in [-0.2, 0) is 0 Å². The highest BCUT2D eigenvalue weighted by atomic mass is 16.6. The summed E-state index contributed by atoms with van der Waals surface area (Å²) in [6, 6.07) is 7.94. The van der Waals surface area contributed by atoms with Crippen molar-refractivity contribution in [2.75, 3.05) is 12.4 Å². The Labute approximate surface area is 120 Å². The molecule has 1 aromatic carbocycles. The van der Waals surface area contributed by atoms with Crippen LogP contribution >= 0.6 is 0 Å². The van der Waals surface area contributed by atoms with Crippen molar-refractivity contribution in [2.24, 2.45) is 0 Å². The van der Waals surface area contributed by atoms with Crippen LogP contribution in [0.1, 0.15) is 15.9 Å². The van der Waals surface area contributed by atoms with Crippen molar-refractivity contribution in [1.29, 1.82) is 0 Å². The molecule has 2 rings (SSSR count). The van der Waals surface area contributed by atoms with Gasteiger partial charge in [-0.15, -0.1) is 0 Å². The van der Waals surface area contributed by atoms with Gasteiger partial charge in [0, 0.05) is 11.6 Å². The lowest BCUT2D eigenvalue weighted by molar-refractivity contribution is -0.385. The Morgan fingerprint density at radius 1 is 1.33 bits per heavy atom.